The summed E-state index contributed by atoms with van der Waals surface area (Å²) in [6, 6.07) is 12.9. The van der Waals surface area contributed by atoms with Crippen molar-refractivity contribution >= 4 is 22.6 Å². The quantitative estimate of drug-likeness (QED) is 0.777. The molecule has 3 nitrogen and oxygen atoms in total. The third kappa shape index (κ3) is 2.39. The first-order chi connectivity index (χ1) is 10.1. The molecule has 1 unspecified atom stereocenters. The van der Waals surface area contributed by atoms with E-state index in [-0.39, 0.29) is 0 Å². The molecule has 0 amide bonds. The van der Waals surface area contributed by atoms with Gasteiger partial charge in [-0.05, 0) is 36.8 Å². The van der Waals surface area contributed by atoms with Crippen LogP contribution in [0.4, 0.5) is 0 Å². The van der Waals surface area contributed by atoms with Gasteiger partial charge in [-0.25, -0.2) is 0 Å². The molecule has 1 aromatic heterocycles. The Kier molecular flexibility index (Phi) is 3.62. The van der Waals surface area contributed by atoms with Gasteiger partial charge < -0.3 is 14.9 Å². The van der Waals surface area contributed by atoms with Gasteiger partial charge in [-0.2, -0.15) is 0 Å². The number of furan rings is 1. The number of benzene rings is 2. The van der Waals surface area contributed by atoms with Crippen molar-refractivity contribution in [3.05, 3.63) is 64.4 Å². The van der Waals surface area contributed by atoms with Crippen LogP contribution in [0.2, 0.25) is 5.02 Å². The van der Waals surface area contributed by atoms with Crippen molar-refractivity contribution in [2.24, 2.45) is 5.73 Å². The van der Waals surface area contributed by atoms with Crippen LogP contribution >= 0.6 is 11.6 Å². The van der Waals surface area contributed by atoms with Gasteiger partial charge in [0.05, 0.1) is 13.2 Å². The van der Waals surface area contributed by atoms with Crippen molar-refractivity contribution < 1.29 is 9.15 Å². The van der Waals surface area contributed by atoms with Crippen LogP contribution in [-0.4, -0.2) is 7.11 Å². The predicted octanol–water partition coefficient (Wildman–Crippen LogP) is 4.45. The van der Waals surface area contributed by atoms with Crippen molar-refractivity contribution in [3.8, 4) is 5.75 Å². The van der Waals surface area contributed by atoms with Crippen LogP contribution in [0, 0.1) is 6.92 Å². The second-order valence-electron chi connectivity index (χ2n) is 4.95. The maximum Gasteiger partial charge on any atom is 0.134 e. The standard InChI is InChI=1S/C17H16ClNO2/c1-10-13-9-11(20-2)7-8-15(13)21-17(10)16(19)12-5-3-4-6-14(12)18/h3-9,16H,19H2,1-2H3. The number of hydrogen-bond donors (Lipinski definition) is 1. The van der Waals surface area contributed by atoms with Crippen molar-refractivity contribution in [1.29, 1.82) is 0 Å². The molecule has 4 heteroatoms. The SMILES string of the molecule is COc1ccc2oc(C(N)c3ccccc3Cl)c(C)c2c1. The van der Waals surface area contributed by atoms with Gasteiger partial charge in [-0.15, -0.1) is 0 Å². The lowest BCUT2D eigenvalue weighted by Gasteiger charge is -2.12. The molecule has 0 spiro atoms. The van der Waals surface area contributed by atoms with E-state index in [9.17, 15) is 0 Å². The second kappa shape index (κ2) is 5.43. The van der Waals surface area contributed by atoms with E-state index in [0.29, 0.717) is 5.02 Å². The monoisotopic (exact) mass is 301 g/mol. The van der Waals surface area contributed by atoms with E-state index in [1.54, 1.807) is 7.11 Å². The molecule has 2 aromatic carbocycles. The van der Waals surface area contributed by atoms with Crippen molar-refractivity contribution in [1.82, 2.24) is 0 Å². The van der Waals surface area contributed by atoms with Crippen molar-refractivity contribution in [2.75, 3.05) is 7.11 Å². The molecule has 0 saturated carbocycles. The van der Waals surface area contributed by atoms with E-state index in [1.165, 1.54) is 0 Å². The smallest absolute Gasteiger partial charge is 0.134 e. The lowest BCUT2D eigenvalue weighted by Crippen LogP contribution is -2.12. The number of halogens is 1. The fourth-order valence-corrected chi connectivity index (χ4v) is 2.76. The third-order valence-corrected chi connectivity index (χ3v) is 4.05. The Bertz CT molecular complexity index is 795. The summed E-state index contributed by atoms with van der Waals surface area (Å²) < 4.78 is 11.2. The molecule has 0 aliphatic heterocycles. The molecule has 0 radical (unpaired) electrons. The average Bonchev–Trinajstić information content (AvgIpc) is 2.83. The first kappa shape index (κ1) is 14.0. The molecule has 0 bridgehead atoms. The van der Waals surface area contributed by atoms with E-state index >= 15 is 0 Å². The Balaban J connectivity index is 2.12. The number of fused-ring (bicyclic) bond motifs is 1. The van der Waals surface area contributed by atoms with Gasteiger partial charge in [0.25, 0.3) is 0 Å². The molecule has 0 aliphatic rings. The summed E-state index contributed by atoms with van der Waals surface area (Å²) in [5.74, 6) is 1.52. The Morgan fingerprint density at radius 1 is 1.19 bits per heavy atom. The first-order valence-corrected chi connectivity index (χ1v) is 7.06. The highest BCUT2D eigenvalue weighted by molar-refractivity contribution is 6.31. The van der Waals surface area contributed by atoms with E-state index in [0.717, 1.165) is 33.6 Å². The summed E-state index contributed by atoms with van der Waals surface area (Å²) in [7, 11) is 1.65. The van der Waals surface area contributed by atoms with E-state index in [4.69, 9.17) is 26.5 Å². The van der Waals surface area contributed by atoms with Crippen LogP contribution in [0.5, 0.6) is 5.75 Å². The zero-order chi connectivity index (χ0) is 15.0. The number of methoxy groups -OCH3 is 1. The Morgan fingerprint density at radius 3 is 2.67 bits per heavy atom. The molecular formula is C17H16ClNO2. The molecule has 3 rings (SSSR count). The summed E-state index contributed by atoms with van der Waals surface area (Å²) in [5.41, 5.74) is 9.01. The highest BCUT2D eigenvalue weighted by atomic mass is 35.5. The van der Waals surface area contributed by atoms with Crippen LogP contribution < -0.4 is 10.5 Å². The van der Waals surface area contributed by atoms with Gasteiger partial charge >= 0.3 is 0 Å². The number of aryl methyl sites for hydroxylation is 1. The van der Waals surface area contributed by atoms with Gasteiger partial charge in [-0.1, -0.05) is 29.8 Å². The number of nitrogens with two attached hydrogens (primary N) is 1. The highest BCUT2D eigenvalue weighted by Crippen LogP contribution is 2.35. The van der Waals surface area contributed by atoms with Gasteiger partial charge in [0.1, 0.15) is 17.1 Å². The van der Waals surface area contributed by atoms with Gasteiger partial charge in [0.15, 0.2) is 0 Å². The van der Waals surface area contributed by atoms with Crippen LogP contribution in [0.15, 0.2) is 46.9 Å². The Morgan fingerprint density at radius 2 is 1.95 bits per heavy atom. The minimum Gasteiger partial charge on any atom is -0.497 e. The zero-order valence-corrected chi connectivity index (χ0v) is 12.6. The summed E-state index contributed by atoms with van der Waals surface area (Å²) in [6.07, 6.45) is 0. The third-order valence-electron chi connectivity index (χ3n) is 3.70. The van der Waals surface area contributed by atoms with Gasteiger partial charge in [-0.3, -0.25) is 0 Å². The molecule has 21 heavy (non-hydrogen) atoms. The second-order valence-corrected chi connectivity index (χ2v) is 5.36. The van der Waals surface area contributed by atoms with Crippen LogP contribution in [0.1, 0.15) is 22.9 Å². The average molecular weight is 302 g/mol. The normalized spacial score (nSPS) is 12.6. The summed E-state index contributed by atoms with van der Waals surface area (Å²) in [5, 5.41) is 1.65. The summed E-state index contributed by atoms with van der Waals surface area (Å²) in [4.78, 5) is 0. The number of ether oxygens (including phenoxy) is 1. The summed E-state index contributed by atoms with van der Waals surface area (Å²) in [6.45, 7) is 2.00. The Labute approximate surface area is 128 Å². The topological polar surface area (TPSA) is 48.4 Å². The predicted molar refractivity (Wildman–Crippen MR) is 85.0 cm³/mol. The molecular weight excluding hydrogens is 286 g/mol. The minimum atomic E-state index is -0.392. The lowest BCUT2D eigenvalue weighted by molar-refractivity contribution is 0.415. The molecule has 3 aromatic rings. The van der Waals surface area contributed by atoms with Gasteiger partial charge in [0.2, 0.25) is 0 Å². The first-order valence-electron chi connectivity index (χ1n) is 6.69. The summed E-state index contributed by atoms with van der Waals surface area (Å²) >= 11 is 6.23. The largest absolute Gasteiger partial charge is 0.497 e. The van der Waals surface area contributed by atoms with Crippen LogP contribution in [-0.2, 0) is 0 Å². The minimum absolute atomic E-state index is 0.392. The van der Waals surface area contributed by atoms with E-state index in [1.807, 2.05) is 49.4 Å². The molecule has 0 saturated heterocycles. The van der Waals surface area contributed by atoms with Crippen molar-refractivity contribution in [3.63, 3.8) is 0 Å². The number of hydrogen-bond acceptors (Lipinski definition) is 3. The maximum atomic E-state index is 6.34. The fourth-order valence-electron chi connectivity index (χ4n) is 2.51. The molecule has 108 valence electrons. The van der Waals surface area contributed by atoms with Gasteiger partial charge in [0, 0.05) is 16.0 Å². The molecule has 0 aliphatic carbocycles. The van der Waals surface area contributed by atoms with Crippen molar-refractivity contribution in [2.45, 2.75) is 13.0 Å². The molecule has 2 N–H and O–H groups in total. The van der Waals surface area contributed by atoms with Crippen LogP contribution in [0.3, 0.4) is 0 Å². The van der Waals surface area contributed by atoms with E-state index < -0.39 is 6.04 Å². The lowest BCUT2D eigenvalue weighted by atomic mass is 10.0. The number of rotatable bonds is 3. The van der Waals surface area contributed by atoms with E-state index in [2.05, 4.69) is 0 Å². The van der Waals surface area contributed by atoms with Crippen LogP contribution in [0.25, 0.3) is 11.0 Å². The fraction of sp³-hybridized carbons (Fsp3) is 0.176. The Hall–Kier alpha value is -1.97. The molecule has 1 heterocycles. The maximum absolute atomic E-state index is 6.34. The highest BCUT2D eigenvalue weighted by Gasteiger charge is 2.20. The molecule has 0 fully saturated rings. The zero-order valence-electron chi connectivity index (χ0n) is 11.9. The molecule has 1 atom stereocenters.